The van der Waals surface area contributed by atoms with Gasteiger partial charge < -0.3 is 20.9 Å². The number of ether oxygens (including phenoxy) is 1. The first-order valence-electron chi connectivity index (χ1n) is 4.65. The van der Waals surface area contributed by atoms with Gasteiger partial charge in [-0.15, -0.1) is 0 Å². The first-order chi connectivity index (χ1) is 6.72. The Labute approximate surface area is 82.7 Å². The molecule has 1 aromatic carbocycles. The highest BCUT2D eigenvalue weighted by molar-refractivity contribution is 5.70. The first-order valence-corrected chi connectivity index (χ1v) is 4.65. The second kappa shape index (κ2) is 3.38. The number of aliphatic hydroxyl groups excluding tert-OH is 1. The highest BCUT2D eigenvalue weighted by atomic mass is 16.5. The molecule has 2 unspecified atom stereocenters. The van der Waals surface area contributed by atoms with Crippen molar-refractivity contribution in [3.63, 3.8) is 0 Å². The molecule has 0 bridgehead atoms. The number of nitrogens with one attached hydrogen (secondary N) is 1. The highest BCUT2D eigenvalue weighted by Gasteiger charge is 2.26. The van der Waals surface area contributed by atoms with Gasteiger partial charge in [0.2, 0.25) is 0 Å². The number of hydrogen-bond donors (Lipinski definition) is 3. The van der Waals surface area contributed by atoms with Gasteiger partial charge in [-0.1, -0.05) is 6.07 Å². The molecule has 2 rings (SSSR count). The van der Waals surface area contributed by atoms with E-state index in [1.807, 2.05) is 19.1 Å². The molecule has 0 fully saturated rings. The molecule has 14 heavy (non-hydrogen) atoms. The van der Waals surface area contributed by atoms with E-state index in [1.165, 1.54) is 0 Å². The molecule has 1 aliphatic heterocycles. The van der Waals surface area contributed by atoms with E-state index in [9.17, 15) is 0 Å². The van der Waals surface area contributed by atoms with Crippen LogP contribution in [0.15, 0.2) is 18.2 Å². The first kappa shape index (κ1) is 9.15. The van der Waals surface area contributed by atoms with Crippen LogP contribution in [-0.4, -0.2) is 23.9 Å². The van der Waals surface area contributed by atoms with Gasteiger partial charge in [0.05, 0.1) is 24.0 Å². The summed E-state index contributed by atoms with van der Waals surface area (Å²) in [6, 6.07) is 5.66. The molecule has 0 spiro atoms. The van der Waals surface area contributed by atoms with E-state index >= 15 is 0 Å². The van der Waals surface area contributed by atoms with Crippen molar-refractivity contribution in [3.8, 4) is 5.75 Å². The van der Waals surface area contributed by atoms with Crippen molar-refractivity contribution in [3.05, 3.63) is 18.2 Å². The fourth-order valence-electron chi connectivity index (χ4n) is 1.59. The predicted octanol–water partition coefficient (Wildman–Crippen LogP) is 0.822. The summed E-state index contributed by atoms with van der Waals surface area (Å²) in [6.07, 6.45) is -0.229. The van der Waals surface area contributed by atoms with Gasteiger partial charge in [-0.2, -0.15) is 0 Å². The average Bonchev–Trinajstić information content (AvgIpc) is 2.17. The second-order valence-corrected chi connectivity index (χ2v) is 3.50. The maximum atomic E-state index is 9.07. The van der Waals surface area contributed by atoms with Gasteiger partial charge in [0.25, 0.3) is 0 Å². The van der Waals surface area contributed by atoms with Crippen molar-refractivity contribution >= 4 is 11.4 Å². The molecule has 4 heteroatoms. The number of para-hydroxylation sites is 1. The van der Waals surface area contributed by atoms with Gasteiger partial charge in [0.1, 0.15) is 6.10 Å². The summed E-state index contributed by atoms with van der Waals surface area (Å²) in [5.74, 6) is 0.643. The molecule has 0 amide bonds. The second-order valence-electron chi connectivity index (χ2n) is 3.50. The molecule has 0 radical (unpaired) electrons. The van der Waals surface area contributed by atoms with E-state index in [1.54, 1.807) is 6.07 Å². The number of anilines is 2. The van der Waals surface area contributed by atoms with E-state index in [-0.39, 0.29) is 18.8 Å². The van der Waals surface area contributed by atoms with E-state index < -0.39 is 0 Å². The predicted molar refractivity (Wildman–Crippen MR) is 55.4 cm³/mol. The van der Waals surface area contributed by atoms with Crippen LogP contribution in [0.5, 0.6) is 5.75 Å². The summed E-state index contributed by atoms with van der Waals surface area (Å²) >= 11 is 0. The molecule has 0 aliphatic carbocycles. The molecule has 1 heterocycles. The third-order valence-corrected chi connectivity index (χ3v) is 2.44. The van der Waals surface area contributed by atoms with E-state index in [4.69, 9.17) is 15.6 Å². The van der Waals surface area contributed by atoms with Crippen LogP contribution < -0.4 is 15.8 Å². The lowest BCUT2D eigenvalue weighted by molar-refractivity contribution is 0.0985. The number of rotatable bonds is 1. The summed E-state index contributed by atoms with van der Waals surface area (Å²) in [4.78, 5) is 0. The number of nitrogens with two attached hydrogens (primary N) is 1. The van der Waals surface area contributed by atoms with Gasteiger partial charge in [-0.25, -0.2) is 0 Å². The maximum Gasteiger partial charge on any atom is 0.165 e. The Kier molecular flexibility index (Phi) is 2.21. The Morgan fingerprint density at radius 1 is 1.57 bits per heavy atom. The summed E-state index contributed by atoms with van der Waals surface area (Å²) in [6.45, 7) is 1.95. The van der Waals surface area contributed by atoms with E-state index in [0.717, 1.165) is 5.69 Å². The molecule has 0 saturated carbocycles. The Bertz CT molecular complexity index is 341. The van der Waals surface area contributed by atoms with Crippen LogP contribution in [0.3, 0.4) is 0 Å². The minimum absolute atomic E-state index is 0.0120. The third-order valence-electron chi connectivity index (χ3n) is 2.44. The van der Waals surface area contributed by atoms with Crippen LogP contribution in [0.4, 0.5) is 11.4 Å². The van der Waals surface area contributed by atoms with Crippen LogP contribution in [-0.2, 0) is 0 Å². The molecular formula is C10H14N2O2. The number of benzene rings is 1. The minimum Gasteiger partial charge on any atom is -0.482 e. The zero-order valence-electron chi connectivity index (χ0n) is 8.03. The van der Waals surface area contributed by atoms with Crippen molar-refractivity contribution < 1.29 is 9.84 Å². The van der Waals surface area contributed by atoms with Crippen molar-refractivity contribution in [2.45, 2.75) is 19.1 Å². The molecule has 4 N–H and O–H groups in total. The Morgan fingerprint density at radius 2 is 2.36 bits per heavy atom. The fourth-order valence-corrected chi connectivity index (χ4v) is 1.59. The minimum atomic E-state index is -0.229. The van der Waals surface area contributed by atoms with Gasteiger partial charge in [-0.05, 0) is 19.1 Å². The van der Waals surface area contributed by atoms with Gasteiger partial charge in [0.15, 0.2) is 5.75 Å². The van der Waals surface area contributed by atoms with Gasteiger partial charge in [0, 0.05) is 0 Å². The zero-order chi connectivity index (χ0) is 10.1. The summed E-state index contributed by atoms with van der Waals surface area (Å²) in [5, 5.41) is 12.3. The van der Waals surface area contributed by atoms with Gasteiger partial charge in [-0.3, -0.25) is 0 Å². The van der Waals surface area contributed by atoms with Crippen LogP contribution in [0.2, 0.25) is 0 Å². The molecule has 76 valence electrons. The van der Waals surface area contributed by atoms with Crippen LogP contribution >= 0.6 is 0 Å². The normalized spacial score (nSPS) is 24.7. The lowest BCUT2D eigenvalue weighted by Gasteiger charge is -2.32. The number of nitrogen functional groups attached to an aromatic ring is 1. The zero-order valence-corrected chi connectivity index (χ0v) is 8.03. The van der Waals surface area contributed by atoms with Gasteiger partial charge >= 0.3 is 0 Å². The average molecular weight is 194 g/mol. The molecule has 0 aromatic heterocycles. The fraction of sp³-hybridized carbons (Fsp3) is 0.400. The number of fused-ring (bicyclic) bond motifs is 1. The standard InChI is InChI=1S/C10H14N2O2/c1-6-9(5-13)14-10-7(11)3-2-4-8(10)12-6/h2-4,6,9,12-13H,5,11H2,1H3. The van der Waals surface area contributed by atoms with Crippen molar-refractivity contribution in [2.24, 2.45) is 0 Å². The lowest BCUT2D eigenvalue weighted by Crippen LogP contribution is -2.41. The molecule has 1 aromatic rings. The van der Waals surface area contributed by atoms with Crippen molar-refractivity contribution in [1.29, 1.82) is 0 Å². The monoisotopic (exact) mass is 194 g/mol. The van der Waals surface area contributed by atoms with Crippen molar-refractivity contribution in [2.75, 3.05) is 17.7 Å². The Morgan fingerprint density at radius 3 is 3.07 bits per heavy atom. The molecule has 4 nitrogen and oxygen atoms in total. The van der Waals surface area contributed by atoms with E-state index in [0.29, 0.717) is 11.4 Å². The molecular weight excluding hydrogens is 180 g/mol. The molecule has 1 aliphatic rings. The van der Waals surface area contributed by atoms with Crippen molar-refractivity contribution in [1.82, 2.24) is 0 Å². The van der Waals surface area contributed by atoms with Crippen LogP contribution in [0.25, 0.3) is 0 Å². The maximum absolute atomic E-state index is 9.07. The molecule has 2 atom stereocenters. The topological polar surface area (TPSA) is 67.5 Å². The number of hydrogen-bond acceptors (Lipinski definition) is 4. The SMILES string of the molecule is CC1Nc2cccc(N)c2OC1CO. The third kappa shape index (κ3) is 1.37. The largest absolute Gasteiger partial charge is 0.482 e. The van der Waals surface area contributed by atoms with E-state index in [2.05, 4.69) is 5.32 Å². The Hall–Kier alpha value is -1.42. The molecule has 0 saturated heterocycles. The lowest BCUT2D eigenvalue weighted by atomic mass is 10.1. The highest BCUT2D eigenvalue weighted by Crippen LogP contribution is 2.36. The number of aliphatic hydroxyl groups is 1. The van der Waals surface area contributed by atoms with Crippen LogP contribution in [0, 0.1) is 0 Å². The quantitative estimate of drug-likeness (QED) is 0.579. The summed E-state index contributed by atoms with van der Waals surface area (Å²) in [5.41, 5.74) is 7.25. The Balaban J connectivity index is 2.36. The summed E-state index contributed by atoms with van der Waals surface area (Å²) in [7, 11) is 0. The summed E-state index contributed by atoms with van der Waals surface area (Å²) < 4.78 is 5.59. The smallest absolute Gasteiger partial charge is 0.165 e. The van der Waals surface area contributed by atoms with Crippen LogP contribution in [0.1, 0.15) is 6.92 Å².